The number of hydrogen-bond acceptors (Lipinski definition) is 7. The van der Waals surface area contributed by atoms with Crippen molar-refractivity contribution in [1.29, 1.82) is 0 Å². The van der Waals surface area contributed by atoms with Gasteiger partial charge in [-0.25, -0.2) is 9.97 Å². The fraction of sp³-hybridized carbons (Fsp3) is 0.200. The molecule has 4 rings (SSSR count). The number of oxime groups is 1. The van der Waals surface area contributed by atoms with Crippen molar-refractivity contribution in [3.63, 3.8) is 0 Å². The molecule has 0 aliphatic carbocycles. The van der Waals surface area contributed by atoms with Gasteiger partial charge in [-0.3, -0.25) is 4.98 Å². The fourth-order valence-corrected chi connectivity index (χ4v) is 3.80. The molecule has 0 unspecified atom stereocenters. The van der Waals surface area contributed by atoms with Crippen molar-refractivity contribution in [3.05, 3.63) is 60.7 Å². The van der Waals surface area contributed by atoms with E-state index in [0.29, 0.717) is 19.6 Å². The van der Waals surface area contributed by atoms with E-state index >= 15 is 0 Å². The quantitative estimate of drug-likeness (QED) is 0.377. The van der Waals surface area contributed by atoms with Gasteiger partial charge in [-0.1, -0.05) is 17.8 Å². The fourth-order valence-electron chi connectivity index (χ4n) is 2.78. The zero-order valence-electron chi connectivity index (χ0n) is 14.9. The topological polar surface area (TPSA) is 69.5 Å². The maximum Gasteiger partial charge on any atom is 0.147 e. The molecule has 3 aromatic heterocycles. The monoisotopic (exact) mass is 378 g/mol. The van der Waals surface area contributed by atoms with Crippen LogP contribution in [0.2, 0.25) is 0 Å². The van der Waals surface area contributed by atoms with Crippen LogP contribution in [0, 0.1) is 6.92 Å². The lowest BCUT2D eigenvalue weighted by Gasteiger charge is -2.18. The Labute approximate surface area is 161 Å². The smallest absolute Gasteiger partial charge is 0.147 e. The second-order valence-electron chi connectivity index (χ2n) is 5.94. The molecule has 6 nitrogen and oxygen atoms in total. The van der Waals surface area contributed by atoms with Crippen molar-refractivity contribution < 1.29 is 9.57 Å². The first-order chi connectivity index (χ1) is 13.3. The van der Waals surface area contributed by atoms with Crippen molar-refractivity contribution in [2.45, 2.75) is 13.3 Å². The third-order valence-electron chi connectivity index (χ3n) is 4.03. The molecule has 0 atom stereocenters. The number of aromatic nitrogens is 3. The average Bonchev–Trinajstić information content (AvgIpc) is 3.10. The van der Waals surface area contributed by atoms with E-state index in [9.17, 15) is 0 Å². The molecule has 0 aromatic carbocycles. The maximum atomic E-state index is 5.72. The maximum absolute atomic E-state index is 5.72. The Kier molecular flexibility index (Phi) is 4.93. The van der Waals surface area contributed by atoms with Crippen LogP contribution in [-0.2, 0) is 4.84 Å². The molecule has 0 bridgehead atoms. The van der Waals surface area contributed by atoms with E-state index in [0.717, 1.165) is 44.0 Å². The number of rotatable bonds is 5. The molecule has 0 amide bonds. The first-order valence-corrected chi connectivity index (χ1v) is 9.40. The summed E-state index contributed by atoms with van der Waals surface area (Å²) in [6.45, 7) is 6.55. The van der Waals surface area contributed by atoms with Gasteiger partial charge in [0.15, 0.2) is 0 Å². The number of thiazole rings is 1. The molecule has 1 aliphatic heterocycles. The van der Waals surface area contributed by atoms with Gasteiger partial charge in [0.1, 0.15) is 28.8 Å². The van der Waals surface area contributed by atoms with Crippen molar-refractivity contribution in [2.24, 2.45) is 5.16 Å². The van der Waals surface area contributed by atoms with Crippen LogP contribution >= 0.6 is 11.3 Å². The predicted octanol–water partition coefficient (Wildman–Crippen LogP) is 4.26. The molecular formula is C20H18N4O2S. The summed E-state index contributed by atoms with van der Waals surface area (Å²) in [5.74, 6) is 0.723. The molecule has 0 N–H and O–H groups in total. The third kappa shape index (κ3) is 3.59. The van der Waals surface area contributed by atoms with Crippen molar-refractivity contribution in [3.8, 4) is 26.9 Å². The summed E-state index contributed by atoms with van der Waals surface area (Å²) in [6, 6.07) is 7.81. The van der Waals surface area contributed by atoms with Crippen LogP contribution < -0.4 is 4.74 Å². The summed E-state index contributed by atoms with van der Waals surface area (Å²) >= 11 is 1.60. The average molecular weight is 378 g/mol. The van der Waals surface area contributed by atoms with E-state index in [2.05, 4.69) is 16.7 Å². The second kappa shape index (κ2) is 7.67. The van der Waals surface area contributed by atoms with E-state index in [1.165, 1.54) is 0 Å². The summed E-state index contributed by atoms with van der Waals surface area (Å²) in [4.78, 5) is 20.0. The van der Waals surface area contributed by atoms with Crippen LogP contribution in [0.15, 0.2) is 54.5 Å². The molecule has 0 saturated heterocycles. The number of nitrogens with zero attached hydrogens (tertiary/aromatic N) is 4. The van der Waals surface area contributed by atoms with E-state index in [-0.39, 0.29) is 0 Å². The Balaban J connectivity index is 1.72. The zero-order valence-corrected chi connectivity index (χ0v) is 15.7. The largest absolute Gasteiger partial charge is 0.491 e. The molecule has 1 aliphatic rings. The van der Waals surface area contributed by atoms with Crippen LogP contribution in [0.5, 0.6) is 5.75 Å². The summed E-state index contributed by atoms with van der Waals surface area (Å²) in [7, 11) is 0. The molecule has 3 aromatic rings. The Hall–Kier alpha value is -3.06. The predicted molar refractivity (Wildman–Crippen MR) is 106 cm³/mol. The minimum atomic E-state index is 0.363. The van der Waals surface area contributed by atoms with Gasteiger partial charge in [0, 0.05) is 24.4 Å². The Morgan fingerprint density at radius 3 is 3.07 bits per heavy atom. The van der Waals surface area contributed by atoms with E-state index in [1.807, 2.05) is 37.4 Å². The zero-order chi connectivity index (χ0) is 18.6. The summed E-state index contributed by atoms with van der Waals surface area (Å²) in [5, 5.41) is 5.13. The molecule has 0 fully saturated rings. The van der Waals surface area contributed by atoms with Crippen LogP contribution in [0.4, 0.5) is 0 Å². The lowest BCUT2D eigenvalue weighted by molar-refractivity contribution is 0.172. The highest BCUT2D eigenvalue weighted by Gasteiger charge is 2.21. The molecule has 0 spiro atoms. The third-order valence-corrected chi connectivity index (χ3v) is 5.26. The lowest BCUT2D eigenvalue weighted by atomic mass is 10.1. The lowest BCUT2D eigenvalue weighted by Crippen LogP contribution is -2.18. The first kappa shape index (κ1) is 17.4. The number of pyridine rings is 2. The van der Waals surface area contributed by atoms with Gasteiger partial charge in [0.25, 0.3) is 0 Å². The summed E-state index contributed by atoms with van der Waals surface area (Å²) < 4.78 is 5.72. The van der Waals surface area contributed by atoms with Crippen molar-refractivity contribution >= 4 is 17.0 Å². The molecule has 136 valence electrons. The van der Waals surface area contributed by atoms with Crippen LogP contribution in [0.1, 0.15) is 17.8 Å². The Bertz CT molecular complexity index is 998. The number of fused-ring (bicyclic) bond motifs is 1. The minimum Gasteiger partial charge on any atom is -0.491 e. The van der Waals surface area contributed by atoms with Crippen LogP contribution in [0.25, 0.3) is 21.1 Å². The number of hydrogen-bond donors (Lipinski definition) is 0. The van der Waals surface area contributed by atoms with Crippen LogP contribution in [-0.4, -0.2) is 33.9 Å². The van der Waals surface area contributed by atoms with Gasteiger partial charge in [0.2, 0.25) is 0 Å². The molecular weight excluding hydrogens is 360 g/mol. The van der Waals surface area contributed by atoms with Crippen molar-refractivity contribution in [2.75, 3.05) is 13.2 Å². The highest BCUT2D eigenvalue weighted by molar-refractivity contribution is 7.18. The SMILES string of the molecule is C=CCO/N=C1\CCOc2ccc(-c3sc(-c4cccnc4)nc3C)nc21. The van der Waals surface area contributed by atoms with Crippen LogP contribution in [0.3, 0.4) is 0 Å². The van der Waals surface area contributed by atoms with E-state index in [4.69, 9.17) is 19.5 Å². The van der Waals surface area contributed by atoms with Gasteiger partial charge in [-0.05, 0) is 31.2 Å². The molecule has 7 heteroatoms. The summed E-state index contributed by atoms with van der Waals surface area (Å²) in [6.07, 6.45) is 5.89. The van der Waals surface area contributed by atoms with Gasteiger partial charge in [-0.15, -0.1) is 11.3 Å². The van der Waals surface area contributed by atoms with Gasteiger partial charge < -0.3 is 9.57 Å². The van der Waals surface area contributed by atoms with Gasteiger partial charge in [-0.2, -0.15) is 0 Å². The number of ether oxygens (including phenoxy) is 1. The number of aryl methyl sites for hydroxylation is 1. The normalized spacial score (nSPS) is 14.5. The first-order valence-electron chi connectivity index (χ1n) is 8.58. The molecule has 0 radical (unpaired) electrons. The Morgan fingerprint density at radius 2 is 2.26 bits per heavy atom. The highest BCUT2D eigenvalue weighted by atomic mass is 32.1. The van der Waals surface area contributed by atoms with E-state index < -0.39 is 0 Å². The van der Waals surface area contributed by atoms with Gasteiger partial charge >= 0.3 is 0 Å². The van der Waals surface area contributed by atoms with Gasteiger partial charge in [0.05, 0.1) is 22.9 Å². The standard InChI is InChI=1S/C20H18N4O2S/c1-3-10-26-24-15-8-11-25-17-7-6-16(23-18(15)17)19-13(2)22-20(27-19)14-5-4-9-21-12-14/h3-7,9,12H,1,8,10-11H2,2H3/b24-15+. The second-order valence-corrected chi connectivity index (χ2v) is 6.94. The molecule has 4 heterocycles. The van der Waals surface area contributed by atoms with E-state index in [1.54, 1.807) is 23.6 Å². The highest BCUT2D eigenvalue weighted by Crippen LogP contribution is 2.36. The summed E-state index contributed by atoms with van der Waals surface area (Å²) in [5.41, 5.74) is 4.29. The Morgan fingerprint density at radius 1 is 1.33 bits per heavy atom. The minimum absolute atomic E-state index is 0.363. The molecule has 0 saturated carbocycles. The van der Waals surface area contributed by atoms with Crippen molar-refractivity contribution in [1.82, 2.24) is 15.0 Å². The molecule has 27 heavy (non-hydrogen) atoms.